The molecular weight excluding hydrogens is 188 g/mol. The number of rotatable bonds is 1. The van der Waals surface area contributed by atoms with Crippen LogP contribution in [0.2, 0.25) is 0 Å². The molecule has 2 rings (SSSR count). The lowest BCUT2D eigenvalue weighted by atomic mass is 10.1. The molecule has 0 fully saturated rings. The molecule has 1 atom stereocenters. The van der Waals surface area contributed by atoms with Crippen molar-refractivity contribution in [3.05, 3.63) is 35.4 Å². The maximum atomic E-state index is 10.7. The molecule has 1 heterocycles. The number of nitrogens with zero attached hydrogens (tertiary/aromatic N) is 1. The molecule has 1 aromatic rings. The summed E-state index contributed by atoms with van der Waals surface area (Å²) in [5.74, 6) is 0.512. The van der Waals surface area contributed by atoms with Crippen LogP contribution < -0.4 is 5.48 Å². The molecule has 13 heavy (non-hydrogen) atoms. The van der Waals surface area contributed by atoms with Crippen LogP contribution >= 0.6 is 0 Å². The van der Waals surface area contributed by atoms with E-state index >= 15 is 0 Å². The lowest BCUT2D eigenvalue weighted by molar-refractivity contribution is 0.306. The van der Waals surface area contributed by atoms with Gasteiger partial charge in [0, 0.05) is 5.56 Å². The average molecular weight is 196 g/mol. The Bertz CT molecular complexity index is 372. The van der Waals surface area contributed by atoms with Gasteiger partial charge < -0.3 is 0 Å². The van der Waals surface area contributed by atoms with E-state index < -0.39 is 11.3 Å². The van der Waals surface area contributed by atoms with Gasteiger partial charge in [0.15, 0.2) is 5.84 Å². The zero-order valence-electron chi connectivity index (χ0n) is 6.98. The van der Waals surface area contributed by atoms with E-state index in [0.29, 0.717) is 5.84 Å². The number of nitrogens with one attached hydrogen (secondary N) is 1. The Balaban J connectivity index is 2.31. The number of hydrogen-bond acceptors (Lipinski definition) is 3. The molecule has 0 radical (unpaired) electrons. The second kappa shape index (κ2) is 3.27. The van der Waals surface area contributed by atoms with Crippen molar-refractivity contribution in [1.29, 1.82) is 0 Å². The van der Waals surface area contributed by atoms with Gasteiger partial charge in [-0.3, -0.25) is 0 Å². The molecule has 0 spiro atoms. The van der Waals surface area contributed by atoms with Crippen LogP contribution in [-0.4, -0.2) is 10.0 Å². The number of aryl methyl sites for hydroxylation is 1. The molecule has 68 valence electrons. The Morgan fingerprint density at radius 1 is 1.38 bits per heavy atom. The average Bonchev–Trinajstić information content (AvgIpc) is 2.53. The fourth-order valence-corrected chi connectivity index (χ4v) is 1.49. The highest BCUT2D eigenvalue weighted by atomic mass is 32.2. The Morgan fingerprint density at radius 3 is 2.62 bits per heavy atom. The Labute approximate surface area is 78.4 Å². The Morgan fingerprint density at radius 2 is 2.08 bits per heavy atom. The van der Waals surface area contributed by atoms with Crippen LogP contribution in [0.4, 0.5) is 0 Å². The summed E-state index contributed by atoms with van der Waals surface area (Å²) in [7, 11) is 0. The summed E-state index contributed by atoms with van der Waals surface area (Å²) in [5.41, 5.74) is 4.53. The molecule has 1 aliphatic heterocycles. The molecule has 5 heteroatoms. The molecule has 0 saturated carbocycles. The minimum atomic E-state index is -1.58. The number of hydroxylamine groups is 1. The first-order chi connectivity index (χ1) is 6.25. The molecule has 0 saturated heterocycles. The van der Waals surface area contributed by atoms with E-state index in [2.05, 4.69) is 14.2 Å². The van der Waals surface area contributed by atoms with Gasteiger partial charge in [-0.1, -0.05) is 29.8 Å². The number of benzene rings is 1. The third-order valence-electron chi connectivity index (χ3n) is 1.70. The minimum absolute atomic E-state index is 0.512. The molecule has 1 N–H and O–H groups in total. The van der Waals surface area contributed by atoms with Crippen LogP contribution in [0.5, 0.6) is 0 Å². The van der Waals surface area contributed by atoms with E-state index in [0.717, 1.165) is 5.56 Å². The van der Waals surface area contributed by atoms with Gasteiger partial charge in [-0.05, 0) is 6.92 Å². The van der Waals surface area contributed by atoms with Gasteiger partial charge in [-0.2, -0.15) is 4.28 Å². The molecule has 1 unspecified atom stereocenters. The van der Waals surface area contributed by atoms with Crippen molar-refractivity contribution < 1.29 is 8.49 Å². The van der Waals surface area contributed by atoms with Gasteiger partial charge in [0.1, 0.15) is 0 Å². The van der Waals surface area contributed by atoms with Crippen LogP contribution in [0.25, 0.3) is 0 Å². The first-order valence-electron chi connectivity index (χ1n) is 3.77. The SMILES string of the molecule is Cc1ccc(C2=NS(=O)ON2)cc1. The first kappa shape index (κ1) is 8.40. The van der Waals surface area contributed by atoms with Crippen LogP contribution in [0.1, 0.15) is 11.1 Å². The van der Waals surface area contributed by atoms with Gasteiger partial charge in [-0.15, -0.1) is 4.40 Å². The van der Waals surface area contributed by atoms with Gasteiger partial charge in [-0.25, -0.2) is 9.69 Å². The summed E-state index contributed by atoms with van der Waals surface area (Å²) in [5, 5.41) is 0. The third kappa shape index (κ3) is 1.76. The number of hydrogen-bond donors (Lipinski definition) is 1. The fraction of sp³-hybridized carbons (Fsp3) is 0.125. The lowest BCUT2D eigenvalue weighted by Crippen LogP contribution is -2.17. The first-order valence-corrected chi connectivity index (χ1v) is 4.80. The predicted octanol–water partition coefficient (Wildman–Crippen LogP) is 0.855. The summed E-state index contributed by atoms with van der Waals surface area (Å²) in [6.07, 6.45) is 0. The van der Waals surface area contributed by atoms with E-state index in [4.69, 9.17) is 0 Å². The van der Waals surface area contributed by atoms with Gasteiger partial charge in [0.2, 0.25) is 0 Å². The van der Waals surface area contributed by atoms with Gasteiger partial charge in [0.05, 0.1) is 0 Å². The summed E-state index contributed by atoms with van der Waals surface area (Å²) in [6.45, 7) is 2.00. The maximum Gasteiger partial charge on any atom is 0.309 e. The minimum Gasteiger partial charge on any atom is -0.231 e. The van der Waals surface area contributed by atoms with Crippen molar-refractivity contribution in [3.63, 3.8) is 0 Å². The fourth-order valence-electron chi connectivity index (χ4n) is 1.01. The monoisotopic (exact) mass is 196 g/mol. The van der Waals surface area contributed by atoms with Gasteiger partial charge in [0.25, 0.3) is 0 Å². The van der Waals surface area contributed by atoms with Crippen LogP contribution in [-0.2, 0) is 15.6 Å². The van der Waals surface area contributed by atoms with Crippen molar-refractivity contribution in [3.8, 4) is 0 Å². The van der Waals surface area contributed by atoms with Crippen molar-refractivity contribution in [2.24, 2.45) is 4.40 Å². The van der Waals surface area contributed by atoms with Crippen molar-refractivity contribution in [2.75, 3.05) is 0 Å². The van der Waals surface area contributed by atoms with Crippen molar-refractivity contribution in [1.82, 2.24) is 5.48 Å². The summed E-state index contributed by atoms with van der Waals surface area (Å²) in [4.78, 5) is 0. The second-order valence-corrected chi connectivity index (χ2v) is 3.49. The van der Waals surface area contributed by atoms with Crippen molar-refractivity contribution >= 4 is 17.1 Å². The molecule has 0 aliphatic carbocycles. The van der Waals surface area contributed by atoms with E-state index in [9.17, 15) is 4.21 Å². The largest absolute Gasteiger partial charge is 0.309 e. The van der Waals surface area contributed by atoms with Crippen molar-refractivity contribution in [2.45, 2.75) is 6.92 Å². The molecule has 0 aromatic heterocycles. The third-order valence-corrected chi connectivity index (χ3v) is 2.26. The van der Waals surface area contributed by atoms with Crippen LogP contribution in [0.3, 0.4) is 0 Å². The second-order valence-electron chi connectivity index (χ2n) is 2.71. The number of amidine groups is 1. The molecular formula is C8H8N2O2S. The van der Waals surface area contributed by atoms with E-state index in [-0.39, 0.29) is 0 Å². The summed E-state index contributed by atoms with van der Waals surface area (Å²) >= 11 is -1.58. The lowest BCUT2D eigenvalue weighted by Gasteiger charge is -1.99. The van der Waals surface area contributed by atoms with Gasteiger partial charge >= 0.3 is 11.3 Å². The van der Waals surface area contributed by atoms with Crippen LogP contribution in [0, 0.1) is 6.92 Å². The zero-order valence-corrected chi connectivity index (χ0v) is 7.80. The molecule has 0 amide bonds. The smallest absolute Gasteiger partial charge is 0.231 e. The normalized spacial score (nSPS) is 21.0. The molecule has 0 bridgehead atoms. The van der Waals surface area contributed by atoms with E-state index in [1.165, 1.54) is 5.56 Å². The predicted molar refractivity (Wildman–Crippen MR) is 50.1 cm³/mol. The zero-order chi connectivity index (χ0) is 9.26. The topological polar surface area (TPSA) is 50.7 Å². The van der Waals surface area contributed by atoms with E-state index in [1.807, 2.05) is 31.2 Å². The van der Waals surface area contributed by atoms with E-state index in [1.54, 1.807) is 0 Å². The quantitative estimate of drug-likeness (QED) is 0.724. The Kier molecular flexibility index (Phi) is 2.12. The highest BCUT2D eigenvalue weighted by Gasteiger charge is 2.14. The standard InChI is InChI=1S/C8H8N2O2S/c1-6-2-4-7(5-3-6)8-9-12-13(11)10-8/h2-5H,1H3,(H,9,10). The highest BCUT2D eigenvalue weighted by Crippen LogP contribution is 2.07. The van der Waals surface area contributed by atoms with Crippen LogP contribution in [0.15, 0.2) is 28.7 Å². The molecule has 1 aliphatic rings. The molecule has 4 nitrogen and oxygen atoms in total. The summed E-state index contributed by atoms with van der Waals surface area (Å²) < 4.78 is 19.0. The summed E-state index contributed by atoms with van der Waals surface area (Å²) in [6, 6.07) is 7.71. The molecule has 1 aromatic carbocycles. The Hall–Kier alpha value is -1.20. The highest BCUT2D eigenvalue weighted by molar-refractivity contribution is 7.79. The maximum absolute atomic E-state index is 10.7.